The van der Waals surface area contributed by atoms with Crippen LogP contribution in [0.5, 0.6) is 0 Å². The van der Waals surface area contributed by atoms with E-state index < -0.39 is 0 Å². The van der Waals surface area contributed by atoms with Crippen molar-refractivity contribution in [2.75, 3.05) is 0 Å². The standard InChI is InChI=1S/C6H3Cl3/c7-4-2-1-3-5(8)6(4)9/h1-3H/i1D. The lowest BCUT2D eigenvalue weighted by Crippen LogP contribution is -1.67. The van der Waals surface area contributed by atoms with E-state index in [0.29, 0.717) is 15.1 Å². The van der Waals surface area contributed by atoms with Crippen LogP contribution >= 0.6 is 34.8 Å². The maximum absolute atomic E-state index is 7.15. The van der Waals surface area contributed by atoms with Gasteiger partial charge in [0.1, 0.15) is 0 Å². The second-order valence-corrected chi connectivity index (χ2v) is 2.66. The molecule has 0 aliphatic heterocycles. The molecule has 0 saturated carbocycles. The van der Waals surface area contributed by atoms with Crippen LogP contribution in [-0.4, -0.2) is 0 Å². The van der Waals surface area contributed by atoms with Crippen LogP contribution in [0, 0.1) is 0 Å². The van der Waals surface area contributed by atoms with E-state index >= 15 is 0 Å². The number of rotatable bonds is 0. The Balaban J connectivity index is 3.31. The highest BCUT2D eigenvalue weighted by Gasteiger charge is 1.98. The van der Waals surface area contributed by atoms with Crippen molar-refractivity contribution in [3.63, 3.8) is 0 Å². The first-order valence-electron chi connectivity index (χ1n) is 2.72. The summed E-state index contributed by atoms with van der Waals surface area (Å²) in [4.78, 5) is 0. The molecule has 0 aromatic heterocycles. The monoisotopic (exact) mass is 181 g/mol. The summed E-state index contributed by atoms with van der Waals surface area (Å²) in [6.45, 7) is 0. The smallest absolute Gasteiger partial charge is 0.0778 e. The summed E-state index contributed by atoms with van der Waals surface area (Å²) >= 11 is 16.8. The van der Waals surface area contributed by atoms with E-state index in [9.17, 15) is 0 Å². The summed E-state index contributed by atoms with van der Waals surface area (Å²) in [5.74, 6) is 0. The molecule has 3 heteroatoms. The summed E-state index contributed by atoms with van der Waals surface area (Å²) in [5.41, 5.74) is 0. The van der Waals surface area contributed by atoms with Gasteiger partial charge in [0.25, 0.3) is 0 Å². The van der Waals surface area contributed by atoms with Crippen molar-refractivity contribution in [1.82, 2.24) is 0 Å². The maximum atomic E-state index is 7.15. The van der Waals surface area contributed by atoms with Crippen LogP contribution in [0.3, 0.4) is 0 Å². The van der Waals surface area contributed by atoms with Gasteiger partial charge in [-0.05, 0) is 12.1 Å². The van der Waals surface area contributed by atoms with E-state index in [-0.39, 0.29) is 6.04 Å². The number of halogens is 3. The van der Waals surface area contributed by atoms with Crippen LogP contribution in [0.2, 0.25) is 15.1 Å². The Morgan fingerprint density at radius 1 is 1.11 bits per heavy atom. The maximum Gasteiger partial charge on any atom is 0.0778 e. The predicted octanol–water partition coefficient (Wildman–Crippen LogP) is 3.65. The summed E-state index contributed by atoms with van der Waals surface area (Å²) in [5, 5.41) is 0.942. The molecule has 0 spiro atoms. The van der Waals surface area contributed by atoms with Gasteiger partial charge in [-0.3, -0.25) is 0 Å². The highest BCUT2D eigenvalue weighted by atomic mass is 35.5. The number of hydrogen-bond donors (Lipinski definition) is 0. The topological polar surface area (TPSA) is 0 Å². The highest BCUT2D eigenvalue weighted by molar-refractivity contribution is 6.47. The van der Waals surface area contributed by atoms with Gasteiger partial charge >= 0.3 is 0 Å². The Labute approximate surface area is 69.7 Å². The van der Waals surface area contributed by atoms with Crippen LogP contribution in [0.1, 0.15) is 1.37 Å². The minimum Gasteiger partial charge on any atom is -0.0827 e. The van der Waals surface area contributed by atoms with Crippen LogP contribution in [0.25, 0.3) is 0 Å². The van der Waals surface area contributed by atoms with E-state index in [1.54, 1.807) is 0 Å². The first kappa shape index (κ1) is 5.84. The number of hydrogen-bond acceptors (Lipinski definition) is 0. The van der Waals surface area contributed by atoms with Gasteiger partial charge in [-0.2, -0.15) is 0 Å². The molecule has 0 unspecified atom stereocenters. The first-order chi connectivity index (χ1) is 4.61. The average Bonchev–Trinajstić information content (AvgIpc) is 1.82. The molecule has 0 aliphatic rings. The molecule has 0 bridgehead atoms. The summed E-state index contributed by atoms with van der Waals surface area (Å²) < 4.78 is 7.15. The third-order valence-corrected chi connectivity index (χ3v) is 2.04. The molecule has 0 saturated heterocycles. The van der Waals surface area contributed by atoms with Gasteiger partial charge in [0, 0.05) is 0 Å². The molecule has 0 atom stereocenters. The molecular weight excluding hydrogens is 178 g/mol. The van der Waals surface area contributed by atoms with Gasteiger partial charge in [-0.25, -0.2) is 0 Å². The van der Waals surface area contributed by atoms with Crippen LogP contribution in [0.4, 0.5) is 0 Å². The van der Waals surface area contributed by atoms with E-state index in [2.05, 4.69) is 0 Å². The van der Waals surface area contributed by atoms with Crippen LogP contribution in [-0.2, 0) is 0 Å². The Kier molecular flexibility index (Phi) is 1.81. The van der Waals surface area contributed by atoms with Crippen LogP contribution in [0.15, 0.2) is 18.2 Å². The lowest BCUT2D eigenvalue weighted by Gasteiger charge is -1.94. The Bertz CT molecular complexity index is 236. The molecule has 1 rings (SSSR count). The molecule has 0 aliphatic carbocycles. The van der Waals surface area contributed by atoms with Crippen molar-refractivity contribution in [2.24, 2.45) is 0 Å². The summed E-state index contributed by atoms with van der Waals surface area (Å²) in [6.07, 6.45) is 0. The zero-order valence-electron chi connectivity index (χ0n) is 5.29. The Morgan fingerprint density at radius 3 is 2.00 bits per heavy atom. The molecule has 0 radical (unpaired) electrons. The summed E-state index contributed by atoms with van der Waals surface area (Å²) in [6, 6.07) is 3.14. The van der Waals surface area contributed by atoms with Crippen molar-refractivity contribution < 1.29 is 1.37 Å². The predicted molar refractivity (Wildman–Crippen MR) is 41.5 cm³/mol. The van der Waals surface area contributed by atoms with E-state index in [4.69, 9.17) is 36.2 Å². The van der Waals surface area contributed by atoms with Crippen molar-refractivity contribution in [3.05, 3.63) is 33.2 Å². The van der Waals surface area contributed by atoms with Crippen molar-refractivity contribution in [1.29, 1.82) is 0 Å². The minimum absolute atomic E-state index is 0.263. The molecule has 0 nitrogen and oxygen atoms in total. The second kappa shape index (κ2) is 2.78. The Morgan fingerprint density at radius 2 is 1.56 bits per heavy atom. The first-order valence-corrected chi connectivity index (χ1v) is 3.36. The molecule has 1 aromatic carbocycles. The van der Waals surface area contributed by atoms with Crippen molar-refractivity contribution in [3.8, 4) is 0 Å². The van der Waals surface area contributed by atoms with Gasteiger partial charge in [0.15, 0.2) is 0 Å². The fourth-order valence-electron chi connectivity index (χ4n) is 0.429. The van der Waals surface area contributed by atoms with E-state index in [1.165, 1.54) is 12.1 Å². The molecule has 0 amide bonds. The van der Waals surface area contributed by atoms with Gasteiger partial charge < -0.3 is 0 Å². The molecule has 48 valence electrons. The third-order valence-electron chi connectivity index (χ3n) is 0.839. The van der Waals surface area contributed by atoms with E-state index in [0.717, 1.165) is 0 Å². The van der Waals surface area contributed by atoms with Gasteiger partial charge in [-0.15, -0.1) is 0 Å². The third kappa shape index (κ3) is 1.51. The van der Waals surface area contributed by atoms with E-state index in [1.807, 2.05) is 0 Å². The summed E-state index contributed by atoms with van der Waals surface area (Å²) in [7, 11) is 0. The van der Waals surface area contributed by atoms with Gasteiger partial charge in [0.2, 0.25) is 0 Å². The van der Waals surface area contributed by atoms with Crippen molar-refractivity contribution >= 4 is 34.8 Å². The second-order valence-electron chi connectivity index (χ2n) is 1.47. The fraction of sp³-hybridized carbons (Fsp3) is 0. The zero-order valence-corrected chi connectivity index (χ0v) is 6.56. The average molecular weight is 182 g/mol. The molecular formula is C6H3Cl3. The van der Waals surface area contributed by atoms with Crippen molar-refractivity contribution in [2.45, 2.75) is 0 Å². The quantitative estimate of drug-likeness (QED) is 0.537. The lowest BCUT2D eigenvalue weighted by molar-refractivity contribution is 1.70. The normalized spacial score (nSPS) is 11.2. The van der Waals surface area contributed by atoms with Gasteiger partial charge in [0.05, 0.1) is 16.4 Å². The molecule has 1 aromatic rings. The Hall–Kier alpha value is 0.0900. The van der Waals surface area contributed by atoms with Crippen LogP contribution < -0.4 is 0 Å². The number of benzene rings is 1. The fourth-order valence-corrected chi connectivity index (χ4v) is 0.916. The largest absolute Gasteiger partial charge is 0.0827 e. The minimum atomic E-state index is 0.263. The molecule has 0 fully saturated rings. The highest BCUT2D eigenvalue weighted by Crippen LogP contribution is 2.28. The molecule has 9 heavy (non-hydrogen) atoms. The van der Waals surface area contributed by atoms with Gasteiger partial charge in [-0.1, -0.05) is 40.8 Å². The molecule has 0 heterocycles. The zero-order chi connectivity index (χ0) is 7.72. The molecule has 0 N–H and O–H groups in total. The lowest BCUT2D eigenvalue weighted by atomic mass is 10.4. The SMILES string of the molecule is [2H]c1cc(Cl)c(Cl)c(Cl)c1.